The molecule has 0 spiro atoms. The van der Waals surface area contributed by atoms with Crippen molar-refractivity contribution >= 4 is 23.7 Å². The number of nitrogens with zero attached hydrogens (tertiary/aromatic N) is 2. The monoisotopic (exact) mass is 327 g/mol. The average Bonchev–Trinajstić information content (AvgIpc) is 2.56. The van der Waals surface area contributed by atoms with E-state index in [0.717, 1.165) is 16.9 Å². The van der Waals surface area contributed by atoms with Crippen LogP contribution >= 0.6 is 11.6 Å². The van der Waals surface area contributed by atoms with Gasteiger partial charge in [0.25, 0.3) is 5.91 Å². The molecule has 0 unspecified atom stereocenters. The van der Waals surface area contributed by atoms with E-state index < -0.39 is 5.91 Å². The lowest BCUT2D eigenvalue weighted by atomic mass is 10.2. The molecule has 0 aliphatic rings. The Hall–Kier alpha value is -2.84. The van der Waals surface area contributed by atoms with E-state index in [-0.39, 0.29) is 6.42 Å². The Kier molecular flexibility index (Phi) is 6.16. The molecular weight excluding hydrogens is 314 g/mol. The van der Waals surface area contributed by atoms with Gasteiger partial charge < -0.3 is 4.74 Å². The van der Waals surface area contributed by atoms with Gasteiger partial charge in [0, 0.05) is 5.02 Å². The lowest BCUT2D eigenvalue weighted by Gasteiger charge is -2.06. The van der Waals surface area contributed by atoms with Crippen molar-refractivity contribution < 1.29 is 9.53 Å². The fourth-order valence-electron chi connectivity index (χ4n) is 1.69. The summed E-state index contributed by atoms with van der Waals surface area (Å²) >= 11 is 5.83. The minimum atomic E-state index is -0.438. The number of hydrogen-bond acceptors (Lipinski definition) is 4. The van der Waals surface area contributed by atoms with Gasteiger partial charge in [0.15, 0.2) is 0 Å². The summed E-state index contributed by atoms with van der Waals surface area (Å²) in [6.07, 6.45) is 1.28. The van der Waals surface area contributed by atoms with Crippen LogP contribution in [0, 0.1) is 11.3 Å². The van der Waals surface area contributed by atoms with Crippen LogP contribution in [0.2, 0.25) is 5.02 Å². The number of nitrogens with one attached hydrogen (secondary N) is 1. The lowest BCUT2D eigenvalue weighted by molar-refractivity contribution is -0.120. The van der Waals surface area contributed by atoms with Crippen molar-refractivity contribution in [3.63, 3.8) is 0 Å². The first kappa shape index (κ1) is 16.5. The molecule has 23 heavy (non-hydrogen) atoms. The topological polar surface area (TPSA) is 74.5 Å². The van der Waals surface area contributed by atoms with Crippen molar-refractivity contribution in [2.45, 2.75) is 13.0 Å². The predicted molar refractivity (Wildman–Crippen MR) is 88.2 cm³/mol. The van der Waals surface area contributed by atoms with Gasteiger partial charge in [-0.05, 0) is 47.5 Å². The summed E-state index contributed by atoms with van der Waals surface area (Å²) in [5.41, 5.74) is 4.10. The van der Waals surface area contributed by atoms with E-state index in [1.165, 1.54) is 6.21 Å². The van der Waals surface area contributed by atoms with Crippen LogP contribution in [0.25, 0.3) is 0 Å². The summed E-state index contributed by atoms with van der Waals surface area (Å²) < 4.78 is 5.67. The Labute approximate surface area is 139 Å². The molecule has 5 nitrogen and oxygen atoms in total. The van der Waals surface area contributed by atoms with Crippen LogP contribution in [-0.4, -0.2) is 12.1 Å². The Morgan fingerprint density at radius 2 is 1.91 bits per heavy atom. The predicted octanol–water partition coefficient (Wildman–Crippen LogP) is 3.28. The number of nitriles is 1. The summed E-state index contributed by atoms with van der Waals surface area (Å²) in [5, 5.41) is 12.8. The van der Waals surface area contributed by atoms with E-state index in [1.807, 2.05) is 48.5 Å². The number of amides is 1. The van der Waals surface area contributed by atoms with E-state index in [4.69, 9.17) is 21.6 Å². The highest BCUT2D eigenvalue weighted by Gasteiger charge is 1.98. The van der Waals surface area contributed by atoms with Crippen molar-refractivity contribution in [3.8, 4) is 11.8 Å². The SMILES string of the molecule is N#CCC(=O)N/N=C\c1ccc(OCc2ccc(Cl)cc2)cc1. The second-order valence-electron chi connectivity index (χ2n) is 4.61. The van der Waals surface area contributed by atoms with Crippen LogP contribution in [-0.2, 0) is 11.4 Å². The van der Waals surface area contributed by atoms with Gasteiger partial charge in [-0.15, -0.1) is 0 Å². The standard InChI is InChI=1S/C17H14ClN3O2/c18-15-5-1-14(2-6-15)12-23-16-7-3-13(4-8-16)11-20-21-17(22)9-10-19/h1-8,11H,9,12H2,(H,21,22)/b20-11-. The molecule has 2 aromatic carbocycles. The molecule has 2 rings (SSSR count). The van der Waals surface area contributed by atoms with Gasteiger partial charge in [-0.1, -0.05) is 23.7 Å². The third-order valence-corrected chi connectivity index (χ3v) is 3.09. The normalized spacial score (nSPS) is 10.3. The minimum Gasteiger partial charge on any atom is -0.489 e. The molecule has 0 saturated carbocycles. The zero-order chi connectivity index (χ0) is 16.5. The van der Waals surface area contributed by atoms with E-state index in [0.29, 0.717) is 11.6 Å². The molecule has 0 saturated heterocycles. The van der Waals surface area contributed by atoms with E-state index in [2.05, 4.69) is 10.5 Å². The van der Waals surface area contributed by atoms with Crippen LogP contribution < -0.4 is 10.2 Å². The van der Waals surface area contributed by atoms with Gasteiger partial charge >= 0.3 is 0 Å². The number of benzene rings is 2. The third kappa shape index (κ3) is 5.81. The largest absolute Gasteiger partial charge is 0.489 e. The Morgan fingerprint density at radius 1 is 1.22 bits per heavy atom. The molecule has 116 valence electrons. The van der Waals surface area contributed by atoms with E-state index >= 15 is 0 Å². The van der Waals surface area contributed by atoms with Gasteiger partial charge in [-0.2, -0.15) is 10.4 Å². The highest BCUT2D eigenvalue weighted by molar-refractivity contribution is 6.30. The maximum Gasteiger partial charge on any atom is 0.254 e. The van der Waals surface area contributed by atoms with Crippen molar-refractivity contribution in [1.82, 2.24) is 5.43 Å². The van der Waals surface area contributed by atoms with Crippen LogP contribution in [0.4, 0.5) is 0 Å². The maximum atomic E-state index is 11.1. The second kappa shape index (κ2) is 8.57. The molecule has 0 aliphatic heterocycles. The van der Waals surface area contributed by atoms with Crippen molar-refractivity contribution in [3.05, 3.63) is 64.7 Å². The first-order valence-electron chi connectivity index (χ1n) is 6.83. The van der Waals surface area contributed by atoms with Crippen molar-refractivity contribution in [2.24, 2.45) is 5.10 Å². The summed E-state index contributed by atoms with van der Waals surface area (Å²) in [4.78, 5) is 11.1. The summed E-state index contributed by atoms with van der Waals surface area (Å²) in [5.74, 6) is 0.289. The first-order valence-corrected chi connectivity index (χ1v) is 7.21. The maximum absolute atomic E-state index is 11.1. The Bertz CT molecular complexity index is 719. The van der Waals surface area contributed by atoms with Crippen molar-refractivity contribution in [2.75, 3.05) is 0 Å². The van der Waals surface area contributed by atoms with Crippen LogP contribution in [0.5, 0.6) is 5.75 Å². The molecule has 0 aromatic heterocycles. The fraction of sp³-hybridized carbons (Fsp3) is 0.118. The fourth-order valence-corrected chi connectivity index (χ4v) is 1.81. The van der Waals surface area contributed by atoms with Gasteiger partial charge in [-0.3, -0.25) is 4.79 Å². The minimum absolute atomic E-state index is 0.213. The number of ether oxygens (including phenoxy) is 1. The number of carbonyl (C=O) groups is 1. The Balaban J connectivity index is 1.84. The molecule has 6 heteroatoms. The van der Waals surface area contributed by atoms with Gasteiger partial charge in [0.05, 0.1) is 12.3 Å². The molecule has 0 radical (unpaired) electrons. The molecule has 2 aromatic rings. The number of carbonyl (C=O) groups excluding carboxylic acids is 1. The summed E-state index contributed by atoms with van der Waals surface area (Å²) in [7, 11) is 0. The molecule has 0 aliphatic carbocycles. The second-order valence-corrected chi connectivity index (χ2v) is 5.05. The highest BCUT2D eigenvalue weighted by atomic mass is 35.5. The number of rotatable bonds is 6. The van der Waals surface area contributed by atoms with Crippen LogP contribution in [0.3, 0.4) is 0 Å². The first-order chi connectivity index (χ1) is 11.2. The molecule has 1 amide bonds. The highest BCUT2D eigenvalue weighted by Crippen LogP contribution is 2.15. The van der Waals surface area contributed by atoms with Crippen molar-refractivity contribution in [1.29, 1.82) is 5.26 Å². The molecule has 0 bridgehead atoms. The molecule has 0 fully saturated rings. The molecular formula is C17H14ClN3O2. The summed E-state index contributed by atoms with van der Waals surface area (Å²) in [6, 6.07) is 16.5. The molecule has 1 N–H and O–H groups in total. The third-order valence-electron chi connectivity index (χ3n) is 2.84. The summed E-state index contributed by atoms with van der Waals surface area (Å²) in [6.45, 7) is 0.453. The Morgan fingerprint density at radius 3 is 2.57 bits per heavy atom. The zero-order valence-electron chi connectivity index (χ0n) is 12.2. The van der Waals surface area contributed by atoms with Gasteiger partial charge in [0.1, 0.15) is 18.8 Å². The smallest absolute Gasteiger partial charge is 0.254 e. The number of hydrazone groups is 1. The number of hydrogen-bond donors (Lipinski definition) is 1. The molecule has 0 atom stereocenters. The van der Waals surface area contributed by atoms with Gasteiger partial charge in [-0.25, -0.2) is 5.43 Å². The van der Waals surface area contributed by atoms with Crippen LogP contribution in [0.1, 0.15) is 17.5 Å². The lowest BCUT2D eigenvalue weighted by Crippen LogP contribution is -2.16. The van der Waals surface area contributed by atoms with E-state index in [9.17, 15) is 4.79 Å². The quantitative estimate of drug-likeness (QED) is 0.653. The van der Waals surface area contributed by atoms with E-state index in [1.54, 1.807) is 6.07 Å². The van der Waals surface area contributed by atoms with Crippen LogP contribution in [0.15, 0.2) is 53.6 Å². The molecule has 0 heterocycles. The number of halogens is 1. The zero-order valence-corrected chi connectivity index (χ0v) is 13.0. The average molecular weight is 328 g/mol. The van der Waals surface area contributed by atoms with Gasteiger partial charge in [0.2, 0.25) is 0 Å².